The van der Waals surface area contributed by atoms with Crippen LogP contribution in [0.3, 0.4) is 0 Å². The first-order valence-corrected chi connectivity index (χ1v) is 11.3. The lowest BCUT2D eigenvalue weighted by Crippen LogP contribution is -2.33. The fraction of sp³-hybridized carbons (Fsp3) is 0.550. The van der Waals surface area contributed by atoms with Gasteiger partial charge in [-0.1, -0.05) is 54.4 Å². The third-order valence-electron chi connectivity index (χ3n) is 4.71. The Kier molecular flexibility index (Phi) is 6.98. The molecule has 1 aliphatic heterocycles. The van der Waals surface area contributed by atoms with Gasteiger partial charge < -0.3 is 4.90 Å². The Balaban J connectivity index is 1.86. The second-order valence-electron chi connectivity index (χ2n) is 7.45. The minimum atomic E-state index is -0.0419. The van der Waals surface area contributed by atoms with Crippen molar-refractivity contribution in [1.82, 2.24) is 14.5 Å². The number of halogens is 1. The molecule has 27 heavy (non-hydrogen) atoms. The molecule has 2 heterocycles. The van der Waals surface area contributed by atoms with Crippen molar-refractivity contribution in [3.8, 4) is 0 Å². The molecule has 0 atom stereocenters. The highest BCUT2D eigenvalue weighted by Gasteiger charge is 2.18. The third-order valence-corrected chi connectivity index (χ3v) is 6.17. The highest BCUT2D eigenvalue weighted by molar-refractivity contribution is 9.10. The number of hydrogen-bond acceptors (Lipinski definition) is 4. The van der Waals surface area contributed by atoms with Crippen molar-refractivity contribution in [3.63, 3.8) is 0 Å². The molecule has 7 heteroatoms. The molecule has 1 aromatic carbocycles. The lowest BCUT2D eigenvalue weighted by Gasteiger charge is -2.20. The van der Waals surface area contributed by atoms with E-state index in [0.29, 0.717) is 34.3 Å². The lowest BCUT2D eigenvalue weighted by atomic mass is 10.2. The maximum Gasteiger partial charge on any atom is 0.262 e. The summed E-state index contributed by atoms with van der Waals surface area (Å²) in [6, 6.07) is 5.55. The third kappa shape index (κ3) is 5.13. The van der Waals surface area contributed by atoms with Gasteiger partial charge in [-0.25, -0.2) is 4.98 Å². The lowest BCUT2D eigenvalue weighted by molar-refractivity contribution is -0.128. The van der Waals surface area contributed by atoms with Gasteiger partial charge in [-0.2, -0.15) is 0 Å². The molecule has 1 aliphatic rings. The van der Waals surface area contributed by atoms with Crippen LogP contribution in [0, 0.1) is 5.92 Å². The summed E-state index contributed by atoms with van der Waals surface area (Å²) in [5, 5.41) is 1.24. The summed E-state index contributed by atoms with van der Waals surface area (Å²) in [5.74, 6) is 0.782. The molecule has 0 aliphatic carbocycles. The first-order chi connectivity index (χ1) is 13.0. The van der Waals surface area contributed by atoms with E-state index in [-0.39, 0.29) is 11.5 Å². The molecule has 0 N–H and O–H groups in total. The molecule has 0 bridgehead atoms. The average Bonchev–Trinajstić information content (AvgIpc) is 2.92. The van der Waals surface area contributed by atoms with E-state index in [0.717, 1.165) is 30.4 Å². The number of likely N-dealkylation sites (tertiary alicyclic amines) is 1. The molecule has 1 saturated heterocycles. The Hall–Kier alpha value is -1.34. The van der Waals surface area contributed by atoms with E-state index >= 15 is 0 Å². The van der Waals surface area contributed by atoms with Crippen LogP contribution in [-0.4, -0.2) is 39.2 Å². The molecule has 1 amide bonds. The Bertz CT molecular complexity index is 873. The average molecular weight is 452 g/mol. The smallest absolute Gasteiger partial charge is 0.262 e. The number of fused-ring (bicyclic) bond motifs is 1. The zero-order valence-corrected chi connectivity index (χ0v) is 18.3. The summed E-state index contributed by atoms with van der Waals surface area (Å²) >= 11 is 4.81. The molecule has 5 nitrogen and oxygen atoms in total. The van der Waals surface area contributed by atoms with Crippen LogP contribution < -0.4 is 5.56 Å². The molecule has 146 valence electrons. The molecule has 0 unspecified atom stereocenters. The van der Waals surface area contributed by atoms with Crippen LogP contribution in [0.25, 0.3) is 10.9 Å². The Labute approximate surface area is 172 Å². The Morgan fingerprint density at radius 2 is 1.93 bits per heavy atom. The van der Waals surface area contributed by atoms with E-state index in [2.05, 4.69) is 29.8 Å². The maximum absolute atomic E-state index is 13.0. The van der Waals surface area contributed by atoms with Crippen LogP contribution in [0.5, 0.6) is 0 Å². The van der Waals surface area contributed by atoms with E-state index in [9.17, 15) is 9.59 Å². The van der Waals surface area contributed by atoms with Crippen LogP contribution in [0.2, 0.25) is 0 Å². The van der Waals surface area contributed by atoms with Crippen molar-refractivity contribution in [2.24, 2.45) is 5.92 Å². The summed E-state index contributed by atoms with van der Waals surface area (Å²) in [7, 11) is 0. The molecule has 3 rings (SSSR count). The predicted molar refractivity (Wildman–Crippen MR) is 114 cm³/mol. The van der Waals surface area contributed by atoms with Crippen LogP contribution in [0.4, 0.5) is 0 Å². The van der Waals surface area contributed by atoms with Gasteiger partial charge in [0.25, 0.3) is 5.56 Å². The van der Waals surface area contributed by atoms with Crippen molar-refractivity contribution in [3.05, 3.63) is 33.0 Å². The van der Waals surface area contributed by atoms with E-state index in [1.165, 1.54) is 24.6 Å². The van der Waals surface area contributed by atoms with Crippen LogP contribution in [0.15, 0.2) is 32.6 Å². The molecule has 0 saturated carbocycles. The van der Waals surface area contributed by atoms with Gasteiger partial charge in [-0.15, -0.1) is 0 Å². The van der Waals surface area contributed by atoms with E-state index < -0.39 is 0 Å². The van der Waals surface area contributed by atoms with Gasteiger partial charge in [0.05, 0.1) is 16.7 Å². The predicted octanol–water partition coefficient (Wildman–Crippen LogP) is 4.31. The molecule has 0 spiro atoms. The van der Waals surface area contributed by atoms with Crippen molar-refractivity contribution in [2.45, 2.75) is 51.2 Å². The van der Waals surface area contributed by atoms with Crippen molar-refractivity contribution in [2.75, 3.05) is 18.8 Å². The summed E-state index contributed by atoms with van der Waals surface area (Å²) in [6.07, 6.45) is 4.56. The number of aromatic nitrogens is 2. The quantitative estimate of drug-likeness (QED) is 0.501. The number of thioether (sulfide) groups is 1. The zero-order chi connectivity index (χ0) is 19.4. The maximum atomic E-state index is 13.0. The fourth-order valence-corrected chi connectivity index (χ4v) is 4.62. The highest BCUT2D eigenvalue weighted by atomic mass is 79.9. The number of amides is 1. The Morgan fingerprint density at radius 3 is 2.59 bits per heavy atom. The largest absolute Gasteiger partial charge is 0.342 e. The first-order valence-electron chi connectivity index (χ1n) is 9.56. The number of hydrogen-bond donors (Lipinski definition) is 0. The molecule has 1 aromatic heterocycles. The van der Waals surface area contributed by atoms with Gasteiger partial charge >= 0.3 is 0 Å². The van der Waals surface area contributed by atoms with Crippen molar-refractivity contribution < 1.29 is 4.79 Å². The SMILES string of the molecule is CC(C)Cn1c(SCC(=O)N2CCCCCC2)nc2ccc(Br)cc2c1=O. The monoisotopic (exact) mass is 451 g/mol. The number of nitrogens with zero attached hydrogens (tertiary/aromatic N) is 3. The normalized spacial score (nSPS) is 15.3. The van der Waals surface area contributed by atoms with Gasteiger partial charge in [-0.05, 0) is 37.0 Å². The van der Waals surface area contributed by atoms with E-state index in [1.807, 2.05) is 23.1 Å². The van der Waals surface area contributed by atoms with Crippen molar-refractivity contribution >= 4 is 44.5 Å². The summed E-state index contributed by atoms with van der Waals surface area (Å²) in [4.78, 5) is 32.3. The minimum Gasteiger partial charge on any atom is -0.342 e. The summed E-state index contributed by atoms with van der Waals surface area (Å²) < 4.78 is 2.58. The van der Waals surface area contributed by atoms with Crippen LogP contribution in [0.1, 0.15) is 39.5 Å². The highest BCUT2D eigenvalue weighted by Crippen LogP contribution is 2.22. The second kappa shape index (κ2) is 9.24. The number of carbonyl (C=O) groups excluding carboxylic acids is 1. The van der Waals surface area contributed by atoms with Gasteiger partial charge in [0.15, 0.2) is 5.16 Å². The fourth-order valence-electron chi connectivity index (χ4n) is 3.35. The molecule has 1 fully saturated rings. The Morgan fingerprint density at radius 1 is 1.22 bits per heavy atom. The molecular weight excluding hydrogens is 426 g/mol. The second-order valence-corrected chi connectivity index (χ2v) is 9.31. The van der Waals surface area contributed by atoms with E-state index in [1.54, 1.807) is 4.57 Å². The molecule has 2 aromatic rings. The molecular formula is C20H26BrN3O2S. The zero-order valence-electron chi connectivity index (χ0n) is 15.9. The standard InChI is InChI=1S/C20H26BrN3O2S/c1-14(2)12-24-19(26)16-11-15(21)7-8-17(16)22-20(24)27-13-18(25)23-9-5-3-4-6-10-23/h7-8,11,14H,3-6,9-10,12-13H2,1-2H3. The number of benzene rings is 1. The molecule has 0 radical (unpaired) electrons. The van der Waals surface area contributed by atoms with Gasteiger partial charge in [-0.3, -0.25) is 14.2 Å². The van der Waals surface area contributed by atoms with Crippen LogP contribution in [-0.2, 0) is 11.3 Å². The van der Waals surface area contributed by atoms with E-state index in [4.69, 9.17) is 4.98 Å². The van der Waals surface area contributed by atoms with Gasteiger partial charge in [0.2, 0.25) is 5.91 Å². The summed E-state index contributed by atoms with van der Waals surface area (Å²) in [5.41, 5.74) is 0.632. The van der Waals surface area contributed by atoms with Gasteiger partial charge in [0.1, 0.15) is 0 Å². The van der Waals surface area contributed by atoms with Crippen LogP contribution >= 0.6 is 27.7 Å². The topological polar surface area (TPSA) is 55.2 Å². The van der Waals surface area contributed by atoms with Crippen molar-refractivity contribution in [1.29, 1.82) is 0 Å². The van der Waals surface area contributed by atoms with Gasteiger partial charge in [0, 0.05) is 24.1 Å². The number of rotatable bonds is 5. The first kappa shape index (κ1) is 20.4. The summed E-state index contributed by atoms with van der Waals surface area (Å²) in [6.45, 7) is 6.44. The number of carbonyl (C=O) groups is 1. The minimum absolute atomic E-state index is 0.0419.